The van der Waals surface area contributed by atoms with E-state index in [2.05, 4.69) is 59.5 Å². The van der Waals surface area contributed by atoms with Gasteiger partial charge in [0.1, 0.15) is 17.3 Å². The van der Waals surface area contributed by atoms with Crippen molar-refractivity contribution in [3.05, 3.63) is 119 Å². The summed E-state index contributed by atoms with van der Waals surface area (Å²) in [5.74, 6) is 1.86. The van der Waals surface area contributed by atoms with Gasteiger partial charge in [-0.1, -0.05) is 85.1 Å². The third kappa shape index (κ3) is 4.54. The molecule has 0 saturated heterocycles. The van der Waals surface area contributed by atoms with Crippen LogP contribution in [-0.2, 0) is 5.41 Å². The van der Waals surface area contributed by atoms with Crippen molar-refractivity contribution in [2.75, 3.05) is 0 Å². The third-order valence-corrected chi connectivity index (χ3v) is 6.84. The summed E-state index contributed by atoms with van der Waals surface area (Å²) in [4.78, 5) is 4.74. The lowest BCUT2D eigenvalue weighted by Gasteiger charge is -2.20. The topological polar surface area (TPSA) is 27.1 Å². The third-order valence-electron chi connectivity index (χ3n) is 6.38. The van der Waals surface area contributed by atoms with Gasteiger partial charge in [0.25, 0.3) is 0 Å². The van der Waals surface area contributed by atoms with E-state index in [1.165, 1.54) is 5.56 Å². The average Bonchev–Trinajstić information content (AvgIpc) is 3.28. The summed E-state index contributed by atoms with van der Waals surface area (Å²) in [6.07, 6.45) is 1.85. The minimum Gasteiger partial charge on any atom is -0.457 e. The molecule has 6 aromatic rings. The Kier molecular flexibility index (Phi) is 4.57. The lowest BCUT2D eigenvalue weighted by Crippen LogP contribution is -2.12. The van der Waals surface area contributed by atoms with Crippen molar-refractivity contribution in [1.29, 1.82) is 0 Å². The second-order valence-electron chi connectivity index (χ2n) is 9.96. The molecule has 4 heteroatoms. The van der Waals surface area contributed by atoms with E-state index in [-0.39, 0.29) is 35.1 Å². The Morgan fingerprint density at radius 1 is 0.784 bits per heavy atom. The zero-order valence-corrected chi connectivity index (χ0v) is 22.3. The largest absolute Gasteiger partial charge is 0.457 e. The van der Waals surface area contributed by atoms with Crippen LogP contribution in [0.15, 0.2) is 114 Å². The van der Waals surface area contributed by atoms with Crippen LogP contribution in [0.4, 0.5) is 0 Å². The first-order valence-electron chi connectivity index (χ1n) is 14.5. The fraction of sp³-hybridized carbons (Fsp3) is 0.121. The predicted octanol–water partition coefficient (Wildman–Crippen LogP) is 9.70. The molecule has 2 heterocycles. The fourth-order valence-corrected chi connectivity index (χ4v) is 5.04. The highest BCUT2D eigenvalue weighted by atomic mass is 79.9. The van der Waals surface area contributed by atoms with Gasteiger partial charge in [-0.05, 0) is 70.6 Å². The maximum absolute atomic E-state index is 8.40. The predicted molar refractivity (Wildman–Crippen MR) is 157 cm³/mol. The molecule has 4 aromatic carbocycles. The van der Waals surface area contributed by atoms with E-state index in [1.54, 1.807) is 18.2 Å². The Morgan fingerprint density at radius 3 is 2.38 bits per heavy atom. The van der Waals surface area contributed by atoms with Crippen LogP contribution in [0.25, 0.3) is 38.8 Å². The van der Waals surface area contributed by atoms with Crippen LogP contribution in [-0.4, -0.2) is 9.55 Å². The molecule has 0 unspecified atom stereocenters. The lowest BCUT2D eigenvalue weighted by molar-refractivity contribution is 0.483. The average molecular weight is 553 g/mol. The molecule has 0 fully saturated rings. The maximum Gasteiger partial charge on any atom is 0.137 e. The first kappa shape index (κ1) is 18.4. The lowest BCUT2D eigenvalue weighted by atomic mass is 9.88. The van der Waals surface area contributed by atoms with Crippen molar-refractivity contribution in [3.8, 4) is 28.4 Å². The van der Waals surface area contributed by atoms with Gasteiger partial charge in [-0.25, -0.2) is 4.98 Å². The molecule has 0 spiro atoms. The number of para-hydroxylation sites is 1. The highest BCUT2D eigenvalue weighted by Gasteiger charge is 2.18. The molecule has 6 rings (SSSR count). The Morgan fingerprint density at radius 2 is 1.57 bits per heavy atom. The van der Waals surface area contributed by atoms with E-state index in [1.807, 2.05) is 42.6 Å². The number of rotatable bonds is 4. The molecule has 0 amide bonds. The number of hydrogen-bond acceptors (Lipinski definition) is 2. The Bertz CT molecular complexity index is 2000. The van der Waals surface area contributed by atoms with Crippen molar-refractivity contribution in [1.82, 2.24) is 9.55 Å². The van der Waals surface area contributed by atoms with Crippen molar-refractivity contribution >= 4 is 37.7 Å². The highest BCUT2D eigenvalue weighted by molar-refractivity contribution is 9.10. The van der Waals surface area contributed by atoms with Crippen LogP contribution in [0.3, 0.4) is 0 Å². The minimum atomic E-state index is -0.425. The summed E-state index contributed by atoms with van der Waals surface area (Å²) >= 11 is 3.51. The van der Waals surface area contributed by atoms with Crippen molar-refractivity contribution < 1.29 is 11.6 Å². The number of benzene rings is 4. The first-order valence-corrected chi connectivity index (χ1v) is 12.8. The standard InChI is InChI=1S/C33H27BrN2O/c1-33(2,3)24-15-16-35-32(19-24)36-30-12-8-7-11-28(30)29-14-13-26(21-31(29)36)37-27-18-23(17-25(34)20-27)22-9-5-4-6-10-22/h4-21H,1-3H3/i4D,5D,6D,9D,10D. The Balaban J connectivity index is 1.48. The Hall–Kier alpha value is -3.89. The molecule has 0 aliphatic heterocycles. The molecule has 0 N–H and O–H groups in total. The summed E-state index contributed by atoms with van der Waals surface area (Å²) in [5, 5.41) is 2.17. The SMILES string of the molecule is [2H]c1c([2H])c([2H])c(-c2cc(Br)cc(Oc3ccc4c5ccccc5n(-c5cc(C(C)(C)C)ccn5)c4c3)c2)c([2H])c1[2H]. The fourth-order valence-electron chi connectivity index (χ4n) is 4.56. The molecule has 0 saturated carbocycles. The highest BCUT2D eigenvalue weighted by Crippen LogP contribution is 2.37. The van der Waals surface area contributed by atoms with E-state index >= 15 is 0 Å². The molecule has 0 radical (unpaired) electrons. The zero-order chi connectivity index (χ0) is 29.9. The molecule has 182 valence electrons. The van der Waals surface area contributed by atoms with Crippen molar-refractivity contribution in [2.45, 2.75) is 26.2 Å². The molecular formula is C33H27BrN2O. The van der Waals surface area contributed by atoms with Gasteiger partial charge in [-0.15, -0.1) is 0 Å². The smallest absolute Gasteiger partial charge is 0.137 e. The van der Waals surface area contributed by atoms with Gasteiger partial charge in [0, 0.05) is 27.5 Å². The second kappa shape index (κ2) is 9.20. The number of halogens is 1. The van der Waals surface area contributed by atoms with Gasteiger partial charge in [-0.2, -0.15) is 0 Å². The number of fused-ring (bicyclic) bond motifs is 3. The molecule has 37 heavy (non-hydrogen) atoms. The number of pyridine rings is 1. The molecule has 0 aliphatic carbocycles. The molecular weight excluding hydrogens is 520 g/mol. The van der Waals surface area contributed by atoms with E-state index in [4.69, 9.17) is 16.6 Å². The van der Waals surface area contributed by atoms with Gasteiger partial charge in [0.2, 0.25) is 0 Å². The second-order valence-corrected chi connectivity index (χ2v) is 10.9. The van der Waals surface area contributed by atoms with Crippen LogP contribution in [0.5, 0.6) is 11.5 Å². The van der Waals surface area contributed by atoms with Crippen LogP contribution in [0.1, 0.15) is 33.2 Å². The monoisotopic (exact) mass is 551 g/mol. The molecule has 2 aromatic heterocycles. The van der Waals surface area contributed by atoms with Gasteiger partial charge in [0.15, 0.2) is 0 Å². The molecule has 0 bridgehead atoms. The van der Waals surface area contributed by atoms with Crippen LogP contribution >= 0.6 is 15.9 Å². The number of ether oxygens (including phenoxy) is 1. The number of aromatic nitrogens is 2. The van der Waals surface area contributed by atoms with Gasteiger partial charge in [0.05, 0.1) is 17.9 Å². The number of nitrogens with zero attached hydrogens (tertiary/aromatic N) is 2. The summed E-state index contributed by atoms with van der Waals surface area (Å²) in [5.41, 5.74) is 3.69. The van der Waals surface area contributed by atoms with E-state index in [0.29, 0.717) is 21.5 Å². The van der Waals surface area contributed by atoms with Crippen LogP contribution in [0.2, 0.25) is 0 Å². The van der Waals surface area contributed by atoms with Gasteiger partial charge in [-0.3, -0.25) is 4.57 Å². The van der Waals surface area contributed by atoms with E-state index in [0.717, 1.165) is 27.6 Å². The van der Waals surface area contributed by atoms with Gasteiger partial charge >= 0.3 is 0 Å². The van der Waals surface area contributed by atoms with E-state index in [9.17, 15) is 0 Å². The van der Waals surface area contributed by atoms with Gasteiger partial charge < -0.3 is 4.74 Å². The first-order chi connectivity index (χ1) is 19.9. The maximum atomic E-state index is 8.40. The minimum absolute atomic E-state index is 0.0383. The normalized spacial score (nSPS) is 13.7. The number of hydrogen-bond donors (Lipinski definition) is 0. The van der Waals surface area contributed by atoms with E-state index < -0.39 is 6.04 Å². The van der Waals surface area contributed by atoms with Crippen molar-refractivity contribution in [2.24, 2.45) is 0 Å². The molecule has 0 atom stereocenters. The Labute approximate surface area is 232 Å². The summed E-state index contributed by atoms with van der Waals surface area (Å²) in [7, 11) is 0. The quantitative estimate of drug-likeness (QED) is 0.218. The zero-order valence-electron chi connectivity index (χ0n) is 25.7. The van der Waals surface area contributed by atoms with Crippen LogP contribution in [0, 0.1) is 0 Å². The molecule has 3 nitrogen and oxygen atoms in total. The van der Waals surface area contributed by atoms with Crippen molar-refractivity contribution in [3.63, 3.8) is 0 Å². The summed E-state index contributed by atoms with van der Waals surface area (Å²) in [6.45, 7) is 6.54. The summed E-state index contributed by atoms with van der Waals surface area (Å²) in [6, 6.07) is 21.8. The molecule has 0 aliphatic rings. The van der Waals surface area contributed by atoms with Crippen LogP contribution < -0.4 is 4.74 Å². The summed E-state index contributed by atoms with van der Waals surface area (Å²) < 4.78 is 50.0.